The van der Waals surface area contributed by atoms with Crippen molar-refractivity contribution in [1.82, 2.24) is 0 Å². The van der Waals surface area contributed by atoms with Gasteiger partial charge in [-0.15, -0.1) is 0 Å². The molecule has 0 saturated carbocycles. The number of phenols is 2. The van der Waals surface area contributed by atoms with Crippen molar-refractivity contribution in [3.05, 3.63) is 46.5 Å². The van der Waals surface area contributed by atoms with Gasteiger partial charge in [-0.2, -0.15) is 0 Å². The molecule has 196 valence electrons. The average Bonchev–Trinajstić information content (AvgIpc) is 2.81. The Morgan fingerprint density at radius 2 is 0.743 bits per heavy atom. The van der Waals surface area contributed by atoms with Crippen LogP contribution in [0.2, 0.25) is 0 Å². The van der Waals surface area contributed by atoms with Gasteiger partial charge in [0.15, 0.2) is 0 Å². The maximum Gasteiger partial charge on any atom is 0.122 e. The first-order chi connectivity index (χ1) is 16.7. The van der Waals surface area contributed by atoms with E-state index in [0.717, 1.165) is 73.6 Å². The van der Waals surface area contributed by atoms with E-state index in [1.54, 1.807) is 11.8 Å². The van der Waals surface area contributed by atoms with Gasteiger partial charge >= 0.3 is 0 Å². The number of hydrogen-bond donors (Lipinski definition) is 2. The van der Waals surface area contributed by atoms with E-state index in [1.165, 1.54) is 9.79 Å². The molecule has 0 aliphatic heterocycles. The minimum Gasteiger partial charge on any atom is -0.507 e. The molecule has 2 aromatic rings. The summed E-state index contributed by atoms with van der Waals surface area (Å²) in [5, 5.41) is 22.4. The molecule has 2 rings (SSSR count). The third-order valence-corrected chi connectivity index (χ3v) is 8.47. The SMILES string of the molecule is CCCC(C)c1cc(Sc2cc(C(C)CCC)c(O)c(C(C)CCC)c2)cc(C(C)CCC)c1O. The third kappa shape index (κ3) is 7.68. The van der Waals surface area contributed by atoms with Crippen LogP contribution in [0.15, 0.2) is 34.1 Å². The fourth-order valence-electron chi connectivity index (χ4n) is 5.41. The molecule has 0 aliphatic rings. The van der Waals surface area contributed by atoms with Gasteiger partial charge in [-0.25, -0.2) is 0 Å². The van der Waals surface area contributed by atoms with Gasteiger partial charge in [0.25, 0.3) is 0 Å². The van der Waals surface area contributed by atoms with Crippen LogP contribution in [0.25, 0.3) is 0 Å². The van der Waals surface area contributed by atoms with Crippen LogP contribution in [0, 0.1) is 0 Å². The Balaban J connectivity index is 2.60. The largest absolute Gasteiger partial charge is 0.507 e. The molecule has 0 saturated heterocycles. The average molecular weight is 499 g/mol. The first-order valence-electron chi connectivity index (χ1n) is 14.1. The predicted octanol–water partition coefficient (Wildman–Crippen LogP) is 10.9. The molecule has 2 N–H and O–H groups in total. The molecule has 35 heavy (non-hydrogen) atoms. The molecule has 0 spiro atoms. The Bertz CT molecular complexity index is 794. The van der Waals surface area contributed by atoms with Gasteiger partial charge in [0.2, 0.25) is 0 Å². The first-order valence-corrected chi connectivity index (χ1v) is 14.9. The summed E-state index contributed by atoms with van der Waals surface area (Å²) in [4.78, 5) is 2.38. The lowest BCUT2D eigenvalue weighted by Crippen LogP contribution is -2.02. The maximum atomic E-state index is 11.2. The van der Waals surface area contributed by atoms with Crippen LogP contribution in [-0.4, -0.2) is 10.2 Å². The van der Waals surface area contributed by atoms with E-state index in [4.69, 9.17) is 0 Å². The molecular weight excluding hydrogens is 448 g/mol. The Kier molecular flexibility index (Phi) is 12.0. The van der Waals surface area contributed by atoms with Gasteiger partial charge in [-0.1, -0.05) is 92.8 Å². The van der Waals surface area contributed by atoms with E-state index in [-0.39, 0.29) is 0 Å². The summed E-state index contributed by atoms with van der Waals surface area (Å²) in [5.74, 6) is 2.30. The van der Waals surface area contributed by atoms with Crippen LogP contribution in [0.3, 0.4) is 0 Å². The smallest absolute Gasteiger partial charge is 0.122 e. The van der Waals surface area contributed by atoms with Gasteiger partial charge in [0.1, 0.15) is 11.5 Å². The van der Waals surface area contributed by atoms with Crippen LogP contribution < -0.4 is 0 Å². The van der Waals surface area contributed by atoms with Crippen LogP contribution in [0.1, 0.15) is 153 Å². The van der Waals surface area contributed by atoms with Gasteiger partial charge in [-0.05, 0) is 95.9 Å². The highest BCUT2D eigenvalue weighted by molar-refractivity contribution is 7.99. The van der Waals surface area contributed by atoms with Gasteiger partial charge < -0.3 is 10.2 Å². The molecule has 4 unspecified atom stereocenters. The molecule has 0 bridgehead atoms. The number of aromatic hydroxyl groups is 2. The van der Waals surface area contributed by atoms with E-state index in [9.17, 15) is 10.2 Å². The summed E-state index contributed by atoms with van der Waals surface area (Å²) < 4.78 is 0. The van der Waals surface area contributed by atoms with Gasteiger partial charge in [0, 0.05) is 9.79 Å². The van der Waals surface area contributed by atoms with Crippen molar-refractivity contribution >= 4 is 11.8 Å². The summed E-state index contributed by atoms with van der Waals surface area (Å²) in [6, 6.07) is 8.83. The minimum atomic E-state index is 0.327. The number of hydrogen-bond acceptors (Lipinski definition) is 3. The minimum absolute atomic E-state index is 0.327. The Labute approximate surface area is 219 Å². The van der Waals surface area contributed by atoms with Crippen molar-refractivity contribution in [3.8, 4) is 11.5 Å². The van der Waals surface area contributed by atoms with Crippen LogP contribution in [0.5, 0.6) is 11.5 Å². The van der Waals surface area contributed by atoms with E-state index in [0.29, 0.717) is 35.2 Å². The zero-order chi connectivity index (χ0) is 26.1. The number of rotatable bonds is 14. The van der Waals surface area contributed by atoms with E-state index in [2.05, 4.69) is 79.7 Å². The second-order valence-electron chi connectivity index (χ2n) is 10.8. The first kappa shape index (κ1) is 29.6. The predicted molar refractivity (Wildman–Crippen MR) is 154 cm³/mol. The summed E-state index contributed by atoms with van der Waals surface area (Å²) >= 11 is 1.78. The van der Waals surface area contributed by atoms with Crippen molar-refractivity contribution < 1.29 is 10.2 Å². The van der Waals surface area contributed by atoms with E-state index >= 15 is 0 Å². The van der Waals surface area contributed by atoms with Crippen molar-refractivity contribution in [2.24, 2.45) is 0 Å². The van der Waals surface area contributed by atoms with Crippen molar-refractivity contribution in [1.29, 1.82) is 0 Å². The van der Waals surface area contributed by atoms with Gasteiger partial charge in [-0.3, -0.25) is 0 Å². The standard InChI is InChI=1S/C32H50O2S/c1-9-13-21(5)27-17-25(18-28(31(27)33)22(6)14-10-2)35-26-19-29(23(7)15-11-3)32(34)30(20-26)24(8)16-12-4/h17-24,33-34H,9-16H2,1-8H3. The van der Waals surface area contributed by atoms with Crippen LogP contribution in [0.4, 0.5) is 0 Å². The molecule has 0 heterocycles. The summed E-state index contributed by atoms with van der Waals surface area (Å²) in [6.07, 6.45) is 8.69. The molecule has 2 aromatic carbocycles. The zero-order valence-electron chi connectivity index (χ0n) is 23.6. The number of phenolic OH excluding ortho intramolecular Hbond substituents is 2. The lowest BCUT2D eigenvalue weighted by atomic mass is 9.88. The lowest BCUT2D eigenvalue weighted by molar-refractivity contribution is 0.444. The second kappa shape index (κ2) is 14.2. The number of benzene rings is 2. The second-order valence-corrected chi connectivity index (χ2v) is 11.9. The highest BCUT2D eigenvalue weighted by Gasteiger charge is 2.22. The Morgan fingerprint density at radius 1 is 0.514 bits per heavy atom. The van der Waals surface area contributed by atoms with Crippen molar-refractivity contribution in [2.45, 2.75) is 140 Å². The quantitative estimate of drug-likeness (QED) is 0.272. The summed E-state index contributed by atoms with van der Waals surface area (Å²) in [5.41, 5.74) is 4.31. The van der Waals surface area contributed by atoms with Gasteiger partial charge in [0.05, 0.1) is 0 Å². The lowest BCUT2D eigenvalue weighted by Gasteiger charge is -2.22. The fraction of sp³-hybridized carbons (Fsp3) is 0.625. The third-order valence-electron chi connectivity index (χ3n) is 7.53. The topological polar surface area (TPSA) is 40.5 Å². The fourth-order valence-corrected chi connectivity index (χ4v) is 6.43. The monoisotopic (exact) mass is 498 g/mol. The van der Waals surface area contributed by atoms with Crippen LogP contribution in [-0.2, 0) is 0 Å². The van der Waals surface area contributed by atoms with E-state index < -0.39 is 0 Å². The molecular formula is C32H50O2S. The highest BCUT2D eigenvalue weighted by Crippen LogP contribution is 2.45. The van der Waals surface area contributed by atoms with Crippen molar-refractivity contribution in [2.75, 3.05) is 0 Å². The molecule has 2 nitrogen and oxygen atoms in total. The molecule has 0 radical (unpaired) electrons. The molecule has 0 fully saturated rings. The molecule has 0 amide bonds. The normalized spacial score (nSPS) is 15.1. The molecule has 4 atom stereocenters. The Morgan fingerprint density at radius 3 is 0.943 bits per heavy atom. The van der Waals surface area contributed by atoms with Crippen LogP contribution >= 0.6 is 11.8 Å². The molecule has 0 aromatic heterocycles. The summed E-state index contributed by atoms with van der Waals surface area (Å²) in [7, 11) is 0. The molecule has 3 heteroatoms. The Hall–Kier alpha value is -1.61. The molecule has 0 aliphatic carbocycles. The zero-order valence-corrected chi connectivity index (χ0v) is 24.4. The van der Waals surface area contributed by atoms with E-state index in [1.807, 2.05) is 0 Å². The maximum absolute atomic E-state index is 11.2. The van der Waals surface area contributed by atoms with Crippen molar-refractivity contribution in [3.63, 3.8) is 0 Å². The highest BCUT2D eigenvalue weighted by atomic mass is 32.2. The summed E-state index contributed by atoms with van der Waals surface area (Å²) in [6.45, 7) is 17.8.